The zero-order chi connectivity index (χ0) is 16.9. The van der Waals surface area contributed by atoms with Gasteiger partial charge in [-0.15, -0.1) is 0 Å². The Morgan fingerprint density at radius 3 is 2.71 bits per heavy atom. The Balaban J connectivity index is 1.69. The minimum Gasteiger partial charge on any atom is -0.465 e. The molecular formula is C17H12N2O3S2. The molecule has 0 saturated carbocycles. The van der Waals surface area contributed by atoms with Crippen LogP contribution in [0.5, 0.6) is 0 Å². The van der Waals surface area contributed by atoms with Crippen LogP contribution in [0.1, 0.15) is 16.1 Å². The van der Waals surface area contributed by atoms with Crippen LogP contribution >= 0.6 is 24.0 Å². The first-order valence-corrected chi connectivity index (χ1v) is 8.22. The average molecular weight is 356 g/mol. The molecule has 2 heterocycles. The van der Waals surface area contributed by atoms with Crippen LogP contribution in [0, 0.1) is 0 Å². The summed E-state index contributed by atoms with van der Waals surface area (Å²) in [5.41, 5.74) is 2.98. The molecule has 1 N–H and O–H groups in total. The van der Waals surface area contributed by atoms with Gasteiger partial charge < -0.3 is 4.42 Å². The summed E-state index contributed by atoms with van der Waals surface area (Å²) in [5.74, 6) is -0.0724. The maximum absolute atomic E-state index is 12.4. The Hall–Kier alpha value is -2.64. The predicted octanol–water partition coefficient (Wildman–Crippen LogP) is 3.38. The number of amides is 2. The van der Waals surface area contributed by atoms with Gasteiger partial charge in [-0.05, 0) is 48.6 Å². The van der Waals surface area contributed by atoms with Crippen molar-refractivity contribution in [2.75, 3.05) is 0 Å². The summed E-state index contributed by atoms with van der Waals surface area (Å²) >= 11 is 6.29. The lowest BCUT2D eigenvalue weighted by Gasteiger charge is -2.15. The van der Waals surface area contributed by atoms with Gasteiger partial charge in [0.05, 0.1) is 11.2 Å². The molecular weight excluding hydrogens is 344 g/mol. The van der Waals surface area contributed by atoms with Gasteiger partial charge >= 0.3 is 0 Å². The van der Waals surface area contributed by atoms with E-state index < -0.39 is 0 Å². The number of thiocarbonyl (C=S) groups is 1. The van der Waals surface area contributed by atoms with E-state index >= 15 is 0 Å². The van der Waals surface area contributed by atoms with Gasteiger partial charge in [0.2, 0.25) is 0 Å². The van der Waals surface area contributed by atoms with Crippen molar-refractivity contribution in [3.8, 4) is 0 Å². The molecule has 0 unspecified atom stereocenters. The molecule has 1 aliphatic heterocycles. The maximum atomic E-state index is 12.4. The Kier molecular flexibility index (Phi) is 4.93. The monoisotopic (exact) mass is 356 g/mol. The minimum atomic E-state index is -0.390. The van der Waals surface area contributed by atoms with Crippen LogP contribution in [0.4, 0.5) is 0 Å². The van der Waals surface area contributed by atoms with E-state index in [2.05, 4.69) is 5.43 Å². The fourth-order valence-electron chi connectivity index (χ4n) is 1.95. The first-order valence-electron chi connectivity index (χ1n) is 6.99. The third-order valence-electron chi connectivity index (χ3n) is 3.09. The Bertz CT molecular complexity index is 827. The van der Waals surface area contributed by atoms with Gasteiger partial charge in [0, 0.05) is 5.56 Å². The highest BCUT2D eigenvalue weighted by Crippen LogP contribution is 2.29. The van der Waals surface area contributed by atoms with Crippen molar-refractivity contribution in [2.45, 2.75) is 0 Å². The second-order valence-corrected chi connectivity index (χ2v) is 6.40. The largest absolute Gasteiger partial charge is 0.465 e. The second kappa shape index (κ2) is 7.29. The molecule has 0 spiro atoms. The summed E-state index contributed by atoms with van der Waals surface area (Å²) < 4.78 is 5.45. The summed E-state index contributed by atoms with van der Waals surface area (Å²) in [5, 5.41) is 1.09. The van der Waals surface area contributed by atoms with E-state index in [1.165, 1.54) is 0 Å². The third kappa shape index (κ3) is 3.64. The summed E-state index contributed by atoms with van der Waals surface area (Å²) in [4.78, 5) is 24.9. The molecule has 1 saturated heterocycles. The number of carbonyl (C=O) groups is 2. The number of hydrogen-bond acceptors (Lipinski definition) is 5. The average Bonchev–Trinajstić information content (AvgIpc) is 3.20. The summed E-state index contributed by atoms with van der Waals surface area (Å²) in [6.07, 6.45) is 6.63. The number of carbonyl (C=O) groups excluding carboxylic acids is 2. The van der Waals surface area contributed by atoms with Crippen LogP contribution in [0.25, 0.3) is 6.08 Å². The molecule has 3 rings (SSSR count). The molecule has 1 aliphatic rings. The molecule has 0 radical (unpaired) electrons. The van der Waals surface area contributed by atoms with Crippen LogP contribution in [0.2, 0.25) is 0 Å². The number of hydrazine groups is 1. The highest BCUT2D eigenvalue weighted by Gasteiger charge is 2.33. The van der Waals surface area contributed by atoms with E-state index in [9.17, 15) is 9.59 Å². The van der Waals surface area contributed by atoms with Gasteiger partial charge in [0.25, 0.3) is 11.8 Å². The van der Waals surface area contributed by atoms with Gasteiger partial charge in [-0.25, -0.2) is 0 Å². The third-order valence-corrected chi connectivity index (χ3v) is 4.41. The van der Waals surface area contributed by atoms with Crippen molar-refractivity contribution in [3.63, 3.8) is 0 Å². The SMILES string of the molecule is O=C(NN1C(=O)C(=CC=Cc2ccco2)SC1=S)c1ccccc1. The molecule has 0 atom stereocenters. The molecule has 1 aromatic carbocycles. The first-order chi connectivity index (χ1) is 11.6. The minimum absolute atomic E-state index is 0.280. The van der Waals surface area contributed by atoms with Crippen LogP contribution in [-0.2, 0) is 4.79 Å². The molecule has 1 aromatic heterocycles. The van der Waals surface area contributed by atoms with Gasteiger partial charge in [0.1, 0.15) is 5.76 Å². The Morgan fingerprint density at radius 1 is 1.21 bits per heavy atom. The molecule has 5 nitrogen and oxygen atoms in total. The molecule has 1 fully saturated rings. The normalized spacial score (nSPS) is 16.3. The summed E-state index contributed by atoms with van der Waals surface area (Å²) in [6.45, 7) is 0. The number of rotatable bonds is 4. The van der Waals surface area contributed by atoms with Crippen molar-refractivity contribution in [2.24, 2.45) is 0 Å². The van der Waals surface area contributed by atoms with E-state index in [0.717, 1.165) is 16.8 Å². The molecule has 2 amide bonds. The number of nitrogens with one attached hydrogen (secondary N) is 1. The second-order valence-electron chi connectivity index (χ2n) is 4.72. The van der Waals surface area contributed by atoms with E-state index in [1.54, 1.807) is 60.9 Å². The molecule has 0 aliphatic carbocycles. The van der Waals surface area contributed by atoms with Crippen LogP contribution in [0.3, 0.4) is 0 Å². The van der Waals surface area contributed by atoms with E-state index in [0.29, 0.717) is 16.2 Å². The van der Waals surface area contributed by atoms with Crippen LogP contribution in [0.15, 0.2) is 70.2 Å². The smallest absolute Gasteiger partial charge is 0.285 e. The number of nitrogens with zero attached hydrogens (tertiary/aromatic N) is 1. The van der Waals surface area contributed by atoms with E-state index in [-0.39, 0.29) is 16.1 Å². The van der Waals surface area contributed by atoms with E-state index in [1.807, 2.05) is 6.07 Å². The Labute approximate surface area is 148 Å². The number of hydrogen-bond donors (Lipinski definition) is 1. The van der Waals surface area contributed by atoms with Crippen molar-refractivity contribution in [3.05, 3.63) is 77.1 Å². The standard InChI is InChI=1S/C17H12N2O3S2/c20-15(12-6-2-1-3-7-12)18-19-16(21)14(24-17(19)23)10-4-8-13-9-5-11-22-13/h1-11H,(H,18,20). The number of benzene rings is 1. The highest BCUT2D eigenvalue weighted by atomic mass is 32.2. The van der Waals surface area contributed by atoms with Gasteiger partial charge in [-0.3, -0.25) is 15.0 Å². The topological polar surface area (TPSA) is 62.6 Å². The lowest BCUT2D eigenvalue weighted by molar-refractivity contribution is -0.123. The van der Waals surface area contributed by atoms with Gasteiger partial charge in [-0.1, -0.05) is 36.0 Å². The van der Waals surface area contributed by atoms with Crippen molar-refractivity contribution >= 4 is 46.2 Å². The van der Waals surface area contributed by atoms with Crippen molar-refractivity contribution < 1.29 is 14.0 Å². The van der Waals surface area contributed by atoms with Gasteiger partial charge in [0.15, 0.2) is 4.32 Å². The van der Waals surface area contributed by atoms with Crippen molar-refractivity contribution in [1.82, 2.24) is 10.4 Å². The quantitative estimate of drug-likeness (QED) is 0.672. The molecule has 0 bridgehead atoms. The summed E-state index contributed by atoms with van der Waals surface area (Å²) in [7, 11) is 0. The maximum Gasteiger partial charge on any atom is 0.285 e. The molecule has 120 valence electrons. The predicted molar refractivity (Wildman–Crippen MR) is 96.8 cm³/mol. The van der Waals surface area contributed by atoms with Crippen LogP contribution in [-0.4, -0.2) is 21.1 Å². The highest BCUT2D eigenvalue weighted by molar-refractivity contribution is 8.26. The van der Waals surface area contributed by atoms with Crippen molar-refractivity contribution in [1.29, 1.82) is 0 Å². The molecule has 2 aromatic rings. The van der Waals surface area contributed by atoms with Crippen LogP contribution < -0.4 is 5.43 Å². The Morgan fingerprint density at radius 2 is 2.00 bits per heavy atom. The number of furan rings is 1. The lowest BCUT2D eigenvalue weighted by Crippen LogP contribution is -2.44. The first kappa shape index (κ1) is 16.2. The summed E-state index contributed by atoms with van der Waals surface area (Å²) in [6, 6.07) is 12.2. The van der Waals surface area contributed by atoms with Gasteiger partial charge in [-0.2, -0.15) is 5.01 Å². The van der Waals surface area contributed by atoms with E-state index in [4.69, 9.17) is 16.6 Å². The fourth-order valence-corrected chi connectivity index (χ4v) is 3.08. The number of thioether (sulfide) groups is 1. The zero-order valence-corrected chi connectivity index (χ0v) is 14.0. The fraction of sp³-hybridized carbons (Fsp3) is 0. The zero-order valence-electron chi connectivity index (χ0n) is 12.3. The molecule has 24 heavy (non-hydrogen) atoms. The molecule has 7 heteroatoms. The lowest BCUT2D eigenvalue weighted by atomic mass is 10.2. The number of allylic oxidation sites excluding steroid dienone is 2.